The van der Waals surface area contributed by atoms with Crippen molar-refractivity contribution in [3.63, 3.8) is 0 Å². The summed E-state index contributed by atoms with van der Waals surface area (Å²) in [6.07, 6.45) is -1.76. The van der Waals surface area contributed by atoms with E-state index in [0.29, 0.717) is 12.2 Å². The quantitative estimate of drug-likeness (QED) is 0.894. The zero-order chi connectivity index (χ0) is 12.3. The molecular weight excluding hydrogens is 233 g/mol. The molecule has 2 heterocycles. The van der Waals surface area contributed by atoms with Crippen molar-refractivity contribution in [3.05, 3.63) is 41.7 Å². The summed E-state index contributed by atoms with van der Waals surface area (Å²) < 4.78 is 36.2. The van der Waals surface area contributed by atoms with Crippen molar-refractivity contribution in [2.45, 2.75) is 19.0 Å². The molecule has 1 N–H and O–H groups in total. The van der Waals surface area contributed by atoms with E-state index < -0.39 is 12.6 Å². The molecule has 0 aliphatic rings. The Hall–Kier alpha value is -1.92. The predicted octanol–water partition coefficient (Wildman–Crippen LogP) is 1.90. The van der Waals surface area contributed by atoms with Gasteiger partial charge in [-0.1, -0.05) is 0 Å². The monoisotopic (exact) mass is 242 g/mol. The Morgan fingerprint density at radius 1 is 1.18 bits per heavy atom. The molecule has 0 radical (unpaired) electrons. The number of nitrogens with one attached hydrogen (secondary N) is 1. The number of H-pyrrole nitrogens is 1. The molecule has 0 amide bonds. The van der Waals surface area contributed by atoms with E-state index in [9.17, 15) is 13.2 Å². The number of halogens is 3. The van der Waals surface area contributed by atoms with Gasteiger partial charge in [-0.3, -0.25) is 10.1 Å². The van der Waals surface area contributed by atoms with Crippen LogP contribution in [0.5, 0.6) is 0 Å². The second-order valence-electron chi connectivity index (χ2n) is 3.52. The molecule has 17 heavy (non-hydrogen) atoms. The minimum absolute atomic E-state index is 0.235. The molecule has 0 aliphatic heterocycles. The predicted molar refractivity (Wildman–Crippen MR) is 53.2 cm³/mol. The highest BCUT2D eigenvalue weighted by molar-refractivity contribution is 5.15. The number of hydrogen-bond donors (Lipinski definition) is 1. The smallest absolute Gasteiger partial charge is 0.265 e. The fourth-order valence-corrected chi connectivity index (χ4v) is 1.37. The first-order chi connectivity index (χ1) is 8.03. The lowest BCUT2D eigenvalue weighted by molar-refractivity contribution is -0.128. The van der Waals surface area contributed by atoms with Gasteiger partial charge >= 0.3 is 6.18 Å². The highest BCUT2D eigenvalue weighted by Gasteiger charge is 2.29. The fraction of sp³-hybridized carbons (Fsp3) is 0.300. The molecule has 2 rings (SSSR count). The molecule has 7 heteroatoms. The number of hydrogen-bond acceptors (Lipinski definition) is 3. The summed E-state index contributed by atoms with van der Waals surface area (Å²) in [7, 11) is 0. The van der Waals surface area contributed by atoms with Crippen LogP contribution in [-0.2, 0) is 12.8 Å². The molecule has 0 spiro atoms. The Labute approximate surface area is 94.9 Å². The van der Waals surface area contributed by atoms with E-state index in [1.165, 1.54) is 0 Å². The Bertz CT molecular complexity index is 478. The summed E-state index contributed by atoms with van der Waals surface area (Å²) in [5.74, 6) is 0.178. The van der Waals surface area contributed by atoms with Gasteiger partial charge in [0, 0.05) is 18.8 Å². The van der Waals surface area contributed by atoms with Crippen LogP contribution in [0.4, 0.5) is 13.2 Å². The van der Waals surface area contributed by atoms with E-state index in [-0.39, 0.29) is 5.82 Å². The summed E-state index contributed by atoms with van der Waals surface area (Å²) in [4.78, 5) is 7.63. The highest BCUT2D eigenvalue weighted by Crippen LogP contribution is 2.19. The first kappa shape index (κ1) is 11.6. The largest absolute Gasteiger partial charge is 0.396 e. The molecule has 90 valence electrons. The van der Waals surface area contributed by atoms with Crippen molar-refractivity contribution in [2.75, 3.05) is 0 Å². The first-order valence-electron chi connectivity index (χ1n) is 4.89. The fourth-order valence-electron chi connectivity index (χ4n) is 1.37. The molecule has 0 aliphatic carbocycles. The average Bonchev–Trinajstić information content (AvgIpc) is 2.64. The zero-order valence-electron chi connectivity index (χ0n) is 8.70. The molecule has 0 aromatic carbocycles. The maximum atomic E-state index is 12.1. The lowest BCUT2D eigenvalue weighted by atomic mass is 10.2. The van der Waals surface area contributed by atoms with Crippen LogP contribution in [-0.4, -0.2) is 26.3 Å². The highest BCUT2D eigenvalue weighted by atomic mass is 19.4. The Balaban J connectivity index is 2.04. The third-order valence-electron chi connectivity index (χ3n) is 2.06. The van der Waals surface area contributed by atoms with Gasteiger partial charge in [0.15, 0.2) is 5.82 Å². The zero-order valence-corrected chi connectivity index (χ0v) is 8.70. The minimum Gasteiger partial charge on any atom is -0.265 e. The molecule has 0 fully saturated rings. The third kappa shape index (κ3) is 3.54. The van der Waals surface area contributed by atoms with E-state index in [4.69, 9.17) is 0 Å². The van der Waals surface area contributed by atoms with Crippen LogP contribution in [0.15, 0.2) is 24.5 Å². The van der Waals surface area contributed by atoms with Gasteiger partial charge in [0.1, 0.15) is 12.2 Å². The van der Waals surface area contributed by atoms with Gasteiger partial charge in [-0.05, 0) is 17.7 Å². The van der Waals surface area contributed by atoms with Crippen molar-refractivity contribution in [3.8, 4) is 0 Å². The van der Waals surface area contributed by atoms with Crippen LogP contribution in [0.3, 0.4) is 0 Å². The third-order valence-corrected chi connectivity index (χ3v) is 2.06. The van der Waals surface area contributed by atoms with Gasteiger partial charge in [0.25, 0.3) is 0 Å². The van der Waals surface area contributed by atoms with Crippen LogP contribution in [0.1, 0.15) is 17.2 Å². The molecule has 0 saturated carbocycles. The van der Waals surface area contributed by atoms with Crippen LogP contribution >= 0.6 is 0 Å². The number of aromatic nitrogens is 4. The van der Waals surface area contributed by atoms with E-state index in [2.05, 4.69) is 20.2 Å². The summed E-state index contributed by atoms with van der Waals surface area (Å²) in [6, 6.07) is 3.54. The Morgan fingerprint density at radius 2 is 1.88 bits per heavy atom. The van der Waals surface area contributed by atoms with E-state index in [0.717, 1.165) is 5.56 Å². The number of nitrogens with zero attached hydrogens (tertiary/aromatic N) is 3. The van der Waals surface area contributed by atoms with Crippen molar-refractivity contribution in [1.29, 1.82) is 0 Å². The SMILES string of the molecule is FC(F)(F)Cc1n[nH]c(Cc2ccncc2)n1. The van der Waals surface area contributed by atoms with Gasteiger partial charge in [-0.15, -0.1) is 0 Å². The van der Waals surface area contributed by atoms with Crippen molar-refractivity contribution >= 4 is 0 Å². The Morgan fingerprint density at radius 3 is 2.53 bits per heavy atom. The van der Waals surface area contributed by atoms with Gasteiger partial charge in [0.05, 0.1) is 0 Å². The van der Waals surface area contributed by atoms with Crippen LogP contribution in [0.25, 0.3) is 0 Å². The van der Waals surface area contributed by atoms with Crippen LogP contribution < -0.4 is 0 Å². The lowest BCUT2D eigenvalue weighted by Gasteiger charge is -2.00. The normalized spacial score (nSPS) is 11.7. The number of pyridine rings is 1. The molecular formula is C10H9F3N4. The van der Waals surface area contributed by atoms with E-state index >= 15 is 0 Å². The average molecular weight is 242 g/mol. The van der Waals surface area contributed by atoms with Crippen LogP contribution in [0, 0.1) is 0 Å². The molecule has 2 aromatic rings. The topological polar surface area (TPSA) is 54.5 Å². The maximum absolute atomic E-state index is 12.1. The summed E-state index contributed by atoms with van der Waals surface area (Å²) in [6.45, 7) is 0. The lowest BCUT2D eigenvalue weighted by Crippen LogP contribution is -2.12. The number of rotatable bonds is 3. The second-order valence-corrected chi connectivity index (χ2v) is 3.52. The van der Waals surface area contributed by atoms with Gasteiger partial charge in [-0.2, -0.15) is 18.3 Å². The van der Waals surface area contributed by atoms with E-state index in [1.54, 1.807) is 24.5 Å². The summed E-state index contributed by atoms with van der Waals surface area (Å²) in [5, 5.41) is 6.02. The first-order valence-corrected chi connectivity index (χ1v) is 4.89. The minimum atomic E-state index is -4.28. The molecule has 0 atom stereocenters. The van der Waals surface area contributed by atoms with Gasteiger partial charge in [0.2, 0.25) is 0 Å². The standard InChI is InChI=1S/C10H9F3N4/c11-10(12,13)6-9-15-8(16-17-9)5-7-1-3-14-4-2-7/h1-4H,5-6H2,(H,15,16,17). The Kier molecular flexibility index (Phi) is 3.08. The van der Waals surface area contributed by atoms with Gasteiger partial charge < -0.3 is 0 Å². The molecule has 0 saturated heterocycles. The van der Waals surface area contributed by atoms with Crippen molar-refractivity contribution in [2.24, 2.45) is 0 Å². The second kappa shape index (κ2) is 4.52. The maximum Gasteiger partial charge on any atom is 0.396 e. The molecule has 0 unspecified atom stereocenters. The van der Waals surface area contributed by atoms with Crippen molar-refractivity contribution < 1.29 is 13.2 Å². The molecule has 0 bridgehead atoms. The van der Waals surface area contributed by atoms with E-state index in [1.807, 2.05) is 0 Å². The summed E-state index contributed by atoms with van der Waals surface area (Å²) in [5.41, 5.74) is 0.912. The van der Waals surface area contributed by atoms with Crippen LogP contribution in [0.2, 0.25) is 0 Å². The molecule has 4 nitrogen and oxygen atoms in total. The summed E-state index contributed by atoms with van der Waals surface area (Å²) >= 11 is 0. The number of aromatic amines is 1. The molecule has 2 aromatic heterocycles. The van der Waals surface area contributed by atoms with Gasteiger partial charge in [-0.25, -0.2) is 4.98 Å². The number of alkyl halides is 3. The van der Waals surface area contributed by atoms with Crippen molar-refractivity contribution in [1.82, 2.24) is 20.2 Å².